The van der Waals surface area contributed by atoms with Crippen LogP contribution in [0, 0.1) is 10.1 Å². The first kappa shape index (κ1) is 16.7. The van der Waals surface area contributed by atoms with E-state index in [9.17, 15) is 14.9 Å². The number of halogens is 1. The van der Waals surface area contributed by atoms with Gasteiger partial charge in [0.15, 0.2) is 0 Å². The van der Waals surface area contributed by atoms with Gasteiger partial charge in [0.05, 0.1) is 18.1 Å². The van der Waals surface area contributed by atoms with Gasteiger partial charge in [-0.2, -0.15) is 0 Å². The number of carbonyl (C=O) groups excluding carboxylic acids is 1. The predicted octanol–water partition coefficient (Wildman–Crippen LogP) is 4.02. The average Bonchev–Trinajstić information content (AvgIpc) is 2.54. The Balaban J connectivity index is 2.13. The van der Waals surface area contributed by atoms with Crippen LogP contribution >= 0.6 is 15.9 Å². The number of ether oxygens (including phenoxy) is 1. The Labute approximate surface area is 141 Å². The van der Waals surface area contributed by atoms with Gasteiger partial charge in [-0.15, -0.1) is 0 Å². The third kappa shape index (κ3) is 4.65. The number of nitrogens with one attached hydrogen (secondary N) is 1. The van der Waals surface area contributed by atoms with E-state index in [4.69, 9.17) is 4.74 Å². The van der Waals surface area contributed by atoms with E-state index in [1.54, 1.807) is 12.1 Å². The minimum absolute atomic E-state index is 0.112. The van der Waals surface area contributed by atoms with Crippen LogP contribution in [0.25, 0.3) is 6.08 Å². The average molecular weight is 377 g/mol. The third-order valence-corrected chi connectivity index (χ3v) is 3.49. The molecular formula is C16H13BrN2O4. The van der Waals surface area contributed by atoms with Crippen LogP contribution in [0.3, 0.4) is 0 Å². The highest BCUT2D eigenvalue weighted by Crippen LogP contribution is 2.28. The number of hydrogen-bond acceptors (Lipinski definition) is 4. The maximum atomic E-state index is 11.9. The number of amides is 1. The highest BCUT2D eigenvalue weighted by Gasteiger charge is 2.16. The fraction of sp³-hybridized carbons (Fsp3) is 0.0625. The monoisotopic (exact) mass is 376 g/mol. The van der Waals surface area contributed by atoms with Crippen molar-refractivity contribution < 1.29 is 14.5 Å². The van der Waals surface area contributed by atoms with Gasteiger partial charge < -0.3 is 10.1 Å². The zero-order valence-electron chi connectivity index (χ0n) is 12.2. The fourth-order valence-corrected chi connectivity index (χ4v) is 2.08. The normalized spacial score (nSPS) is 10.5. The Morgan fingerprint density at radius 2 is 1.96 bits per heavy atom. The van der Waals surface area contributed by atoms with Crippen LogP contribution in [-0.4, -0.2) is 17.9 Å². The van der Waals surface area contributed by atoms with Crippen molar-refractivity contribution >= 4 is 39.3 Å². The molecule has 0 heterocycles. The van der Waals surface area contributed by atoms with E-state index in [1.165, 1.54) is 25.3 Å². The molecule has 1 N–H and O–H groups in total. The summed E-state index contributed by atoms with van der Waals surface area (Å²) < 4.78 is 5.88. The molecule has 0 unspecified atom stereocenters. The number of carbonyl (C=O) groups is 1. The van der Waals surface area contributed by atoms with Crippen molar-refractivity contribution in [1.29, 1.82) is 0 Å². The topological polar surface area (TPSA) is 81.5 Å². The molecule has 7 heteroatoms. The van der Waals surface area contributed by atoms with Crippen molar-refractivity contribution in [3.05, 3.63) is 68.7 Å². The highest BCUT2D eigenvalue weighted by molar-refractivity contribution is 9.10. The molecule has 0 atom stereocenters. The quantitative estimate of drug-likeness (QED) is 0.485. The first-order valence-corrected chi connectivity index (χ1v) is 7.36. The lowest BCUT2D eigenvalue weighted by Gasteiger charge is -2.05. The van der Waals surface area contributed by atoms with Crippen LogP contribution < -0.4 is 10.1 Å². The number of nitro groups is 1. The smallest absolute Gasteiger partial charge is 0.296 e. The first-order valence-electron chi connectivity index (χ1n) is 6.56. The van der Waals surface area contributed by atoms with E-state index in [0.717, 1.165) is 10.0 Å². The van der Waals surface area contributed by atoms with Gasteiger partial charge in [-0.3, -0.25) is 14.9 Å². The van der Waals surface area contributed by atoms with Gasteiger partial charge in [0.1, 0.15) is 11.4 Å². The Kier molecular flexibility index (Phi) is 5.48. The molecule has 0 radical (unpaired) electrons. The SMILES string of the molecule is COc1ccc(NC(=O)C=Cc2ccc(Br)cc2)c([N+](=O)[O-])c1. The summed E-state index contributed by atoms with van der Waals surface area (Å²) in [5.74, 6) is -0.110. The molecule has 1 amide bonds. The van der Waals surface area contributed by atoms with E-state index in [2.05, 4.69) is 21.2 Å². The number of nitrogens with zero attached hydrogens (tertiary/aromatic N) is 1. The third-order valence-electron chi connectivity index (χ3n) is 2.96. The molecule has 2 rings (SSSR count). The summed E-state index contributed by atoms with van der Waals surface area (Å²) in [7, 11) is 1.41. The minimum atomic E-state index is -0.573. The Hall–Kier alpha value is -2.67. The zero-order chi connectivity index (χ0) is 16.8. The molecule has 118 valence electrons. The Morgan fingerprint density at radius 1 is 1.26 bits per heavy atom. The second kappa shape index (κ2) is 7.55. The van der Waals surface area contributed by atoms with Crippen LogP contribution in [0.1, 0.15) is 5.56 Å². The number of nitro benzene ring substituents is 1. The summed E-state index contributed by atoms with van der Waals surface area (Å²) in [5.41, 5.74) is 0.726. The number of anilines is 1. The van der Waals surface area contributed by atoms with E-state index in [-0.39, 0.29) is 11.4 Å². The van der Waals surface area contributed by atoms with E-state index < -0.39 is 10.8 Å². The van der Waals surface area contributed by atoms with Gasteiger partial charge in [0, 0.05) is 10.5 Å². The Morgan fingerprint density at radius 3 is 2.57 bits per heavy atom. The molecule has 0 aliphatic carbocycles. The van der Waals surface area contributed by atoms with Crippen molar-refractivity contribution in [1.82, 2.24) is 0 Å². The number of rotatable bonds is 5. The molecule has 0 saturated carbocycles. The summed E-state index contributed by atoms with van der Waals surface area (Å²) in [4.78, 5) is 22.4. The molecule has 2 aromatic carbocycles. The zero-order valence-corrected chi connectivity index (χ0v) is 13.7. The second-order valence-electron chi connectivity index (χ2n) is 4.51. The lowest BCUT2D eigenvalue weighted by Crippen LogP contribution is -2.09. The van der Waals surface area contributed by atoms with Gasteiger partial charge >= 0.3 is 0 Å². The highest BCUT2D eigenvalue weighted by atomic mass is 79.9. The minimum Gasteiger partial charge on any atom is -0.496 e. The van der Waals surface area contributed by atoms with Crippen LogP contribution in [0.5, 0.6) is 5.75 Å². The summed E-state index contributed by atoms with van der Waals surface area (Å²) >= 11 is 3.33. The fourth-order valence-electron chi connectivity index (χ4n) is 1.82. The maximum absolute atomic E-state index is 11.9. The number of benzene rings is 2. The molecule has 0 saturated heterocycles. The van der Waals surface area contributed by atoms with Crippen molar-refractivity contribution in [2.45, 2.75) is 0 Å². The maximum Gasteiger partial charge on any atom is 0.296 e. The second-order valence-corrected chi connectivity index (χ2v) is 5.43. The summed E-state index contributed by atoms with van der Waals surface area (Å²) in [6, 6.07) is 11.6. The molecule has 0 aromatic heterocycles. The molecule has 0 fully saturated rings. The standard InChI is InChI=1S/C16H13BrN2O4/c1-23-13-7-8-14(15(10-13)19(21)22)18-16(20)9-4-11-2-5-12(17)6-3-11/h2-10H,1H3,(H,18,20). The summed E-state index contributed by atoms with van der Waals surface area (Å²) in [6.07, 6.45) is 2.94. The van der Waals surface area contributed by atoms with Crippen molar-refractivity contribution in [2.24, 2.45) is 0 Å². The van der Waals surface area contributed by atoms with E-state index >= 15 is 0 Å². The van der Waals surface area contributed by atoms with E-state index in [0.29, 0.717) is 5.75 Å². The molecule has 6 nitrogen and oxygen atoms in total. The predicted molar refractivity (Wildman–Crippen MR) is 91.5 cm³/mol. The van der Waals surface area contributed by atoms with Crippen LogP contribution in [-0.2, 0) is 4.79 Å². The van der Waals surface area contributed by atoms with Gasteiger partial charge in [-0.05, 0) is 35.9 Å². The largest absolute Gasteiger partial charge is 0.496 e. The molecular weight excluding hydrogens is 364 g/mol. The van der Waals surface area contributed by atoms with Crippen molar-refractivity contribution in [3.63, 3.8) is 0 Å². The van der Waals surface area contributed by atoms with Crippen molar-refractivity contribution in [3.8, 4) is 5.75 Å². The molecule has 23 heavy (non-hydrogen) atoms. The number of hydrogen-bond donors (Lipinski definition) is 1. The molecule has 2 aromatic rings. The van der Waals surface area contributed by atoms with Gasteiger partial charge in [-0.25, -0.2) is 0 Å². The van der Waals surface area contributed by atoms with Gasteiger partial charge in [0.2, 0.25) is 5.91 Å². The molecule has 0 spiro atoms. The Bertz CT molecular complexity index is 757. The summed E-state index contributed by atoms with van der Waals surface area (Å²) in [5, 5.41) is 13.6. The molecule has 0 aliphatic heterocycles. The molecule has 0 aliphatic rings. The van der Waals surface area contributed by atoms with E-state index in [1.807, 2.05) is 24.3 Å². The van der Waals surface area contributed by atoms with Gasteiger partial charge in [-0.1, -0.05) is 28.1 Å². The van der Waals surface area contributed by atoms with Crippen molar-refractivity contribution in [2.75, 3.05) is 12.4 Å². The lowest BCUT2D eigenvalue weighted by atomic mass is 10.2. The van der Waals surface area contributed by atoms with Crippen LogP contribution in [0.15, 0.2) is 53.0 Å². The van der Waals surface area contributed by atoms with Gasteiger partial charge in [0.25, 0.3) is 5.69 Å². The lowest BCUT2D eigenvalue weighted by molar-refractivity contribution is -0.384. The molecule has 0 bridgehead atoms. The summed E-state index contributed by atoms with van der Waals surface area (Å²) in [6.45, 7) is 0. The van der Waals surface area contributed by atoms with Crippen LogP contribution in [0.4, 0.5) is 11.4 Å². The number of methoxy groups -OCH3 is 1. The van der Waals surface area contributed by atoms with Crippen LogP contribution in [0.2, 0.25) is 0 Å². The first-order chi connectivity index (χ1) is 11.0.